The highest BCUT2D eigenvalue weighted by Gasteiger charge is 2.33. The molecule has 2 aromatic rings. The van der Waals surface area contributed by atoms with Gasteiger partial charge in [-0.3, -0.25) is 4.79 Å². The first-order chi connectivity index (χ1) is 13.2. The summed E-state index contributed by atoms with van der Waals surface area (Å²) in [5.41, 5.74) is 3.70. The van der Waals surface area contributed by atoms with Crippen molar-refractivity contribution in [3.63, 3.8) is 0 Å². The lowest BCUT2D eigenvalue weighted by Crippen LogP contribution is -2.43. The second kappa shape index (κ2) is 8.23. The molecule has 0 spiro atoms. The van der Waals surface area contributed by atoms with E-state index in [0.29, 0.717) is 24.4 Å². The first kappa shape index (κ1) is 20.8. The molecule has 2 aromatic carbocycles. The molecule has 1 fully saturated rings. The molecule has 0 saturated carbocycles. The van der Waals surface area contributed by atoms with Crippen molar-refractivity contribution in [1.82, 2.24) is 4.31 Å². The molecule has 3 rings (SSSR count). The molecular formula is C21H25ClN2O3S. The summed E-state index contributed by atoms with van der Waals surface area (Å²) in [7, 11) is -3.69. The van der Waals surface area contributed by atoms with Crippen LogP contribution in [0.3, 0.4) is 0 Å². The molecule has 1 amide bonds. The number of nitrogens with zero attached hydrogens (tertiary/aromatic N) is 1. The molecule has 0 bridgehead atoms. The van der Waals surface area contributed by atoms with Gasteiger partial charge >= 0.3 is 0 Å². The Kier molecular flexibility index (Phi) is 6.12. The quantitative estimate of drug-likeness (QED) is 0.801. The number of carbonyl (C=O) groups excluding carboxylic acids is 1. The van der Waals surface area contributed by atoms with Gasteiger partial charge < -0.3 is 5.32 Å². The van der Waals surface area contributed by atoms with Crippen molar-refractivity contribution >= 4 is 33.2 Å². The van der Waals surface area contributed by atoms with E-state index in [9.17, 15) is 13.2 Å². The van der Waals surface area contributed by atoms with Gasteiger partial charge in [-0.25, -0.2) is 8.42 Å². The number of nitrogens with one attached hydrogen (secondary N) is 1. The standard InChI is InChI=1S/C21H25ClN2O3S/c1-14-6-9-20(16(3)11-14)23-21(25)17-5-4-10-24(13-17)28(26,27)18-8-7-15(2)19(22)12-18/h6-9,11-12,17H,4-5,10,13H2,1-3H3,(H,23,25)/t17-/m0/s1. The largest absolute Gasteiger partial charge is 0.326 e. The monoisotopic (exact) mass is 420 g/mol. The molecule has 0 radical (unpaired) electrons. The SMILES string of the molecule is Cc1ccc(NC(=O)[C@H]2CCCN(S(=O)(=O)c3ccc(C)c(Cl)c3)C2)c(C)c1. The number of anilines is 1. The van der Waals surface area contributed by atoms with Gasteiger partial charge in [0.25, 0.3) is 0 Å². The number of sulfonamides is 1. The van der Waals surface area contributed by atoms with Crippen molar-refractivity contribution < 1.29 is 13.2 Å². The van der Waals surface area contributed by atoms with Crippen molar-refractivity contribution in [2.75, 3.05) is 18.4 Å². The van der Waals surface area contributed by atoms with E-state index in [1.807, 2.05) is 39.0 Å². The molecule has 7 heteroatoms. The lowest BCUT2D eigenvalue weighted by atomic mass is 9.98. The minimum atomic E-state index is -3.69. The summed E-state index contributed by atoms with van der Waals surface area (Å²) in [6.45, 7) is 6.35. The van der Waals surface area contributed by atoms with Gasteiger partial charge in [0.15, 0.2) is 0 Å². The number of carbonyl (C=O) groups is 1. The minimum Gasteiger partial charge on any atom is -0.326 e. The Labute approximate surface area is 171 Å². The third-order valence-electron chi connectivity index (χ3n) is 5.18. The zero-order valence-corrected chi connectivity index (χ0v) is 17.9. The van der Waals surface area contributed by atoms with Crippen molar-refractivity contribution in [3.8, 4) is 0 Å². The maximum atomic E-state index is 13.0. The predicted octanol–water partition coefficient (Wildman–Crippen LogP) is 4.30. The zero-order chi connectivity index (χ0) is 20.5. The summed E-state index contributed by atoms with van der Waals surface area (Å²) in [5, 5.41) is 3.37. The van der Waals surface area contributed by atoms with Gasteiger partial charge in [0.05, 0.1) is 10.8 Å². The number of rotatable bonds is 4. The number of benzene rings is 2. The normalized spacial score (nSPS) is 18.1. The van der Waals surface area contributed by atoms with E-state index in [4.69, 9.17) is 11.6 Å². The van der Waals surface area contributed by atoms with Crippen molar-refractivity contribution in [3.05, 3.63) is 58.1 Å². The number of hydrogen-bond acceptors (Lipinski definition) is 3. The molecule has 1 aliphatic rings. The van der Waals surface area contributed by atoms with E-state index in [-0.39, 0.29) is 23.3 Å². The van der Waals surface area contributed by atoms with Crippen LogP contribution in [0.1, 0.15) is 29.5 Å². The Morgan fingerprint density at radius 2 is 1.86 bits per heavy atom. The fourth-order valence-electron chi connectivity index (χ4n) is 3.45. The van der Waals surface area contributed by atoms with Crippen LogP contribution in [-0.4, -0.2) is 31.7 Å². The van der Waals surface area contributed by atoms with Crippen LogP contribution in [0, 0.1) is 26.7 Å². The lowest BCUT2D eigenvalue weighted by molar-refractivity contribution is -0.120. The third kappa shape index (κ3) is 4.40. The molecule has 150 valence electrons. The molecule has 1 N–H and O–H groups in total. The van der Waals surface area contributed by atoms with Crippen molar-refractivity contribution in [2.45, 2.75) is 38.5 Å². The molecule has 5 nitrogen and oxygen atoms in total. The third-order valence-corrected chi connectivity index (χ3v) is 7.44. The van der Waals surface area contributed by atoms with E-state index in [2.05, 4.69) is 5.32 Å². The minimum absolute atomic E-state index is 0.145. The topological polar surface area (TPSA) is 66.5 Å². The fraction of sp³-hybridized carbons (Fsp3) is 0.381. The van der Waals surface area contributed by atoms with Crippen LogP contribution in [0.4, 0.5) is 5.69 Å². The average molecular weight is 421 g/mol. The summed E-state index contributed by atoms with van der Waals surface area (Å²) in [6.07, 6.45) is 1.31. The van der Waals surface area contributed by atoms with E-state index in [1.165, 1.54) is 10.4 Å². The summed E-state index contributed by atoms with van der Waals surface area (Å²) >= 11 is 6.11. The Bertz CT molecular complexity index is 1000. The Morgan fingerprint density at radius 3 is 2.54 bits per heavy atom. The maximum Gasteiger partial charge on any atom is 0.243 e. The van der Waals surface area contributed by atoms with Gasteiger partial charge in [-0.15, -0.1) is 0 Å². The lowest BCUT2D eigenvalue weighted by Gasteiger charge is -2.31. The van der Waals surface area contributed by atoms with Crippen molar-refractivity contribution in [2.24, 2.45) is 5.92 Å². The second-order valence-electron chi connectivity index (χ2n) is 7.42. The van der Waals surface area contributed by atoms with Gasteiger partial charge in [-0.1, -0.05) is 35.4 Å². The predicted molar refractivity (Wildman–Crippen MR) is 112 cm³/mol. The van der Waals surface area contributed by atoms with E-state index >= 15 is 0 Å². The highest BCUT2D eigenvalue weighted by atomic mass is 35.5. The van der Waals surface area contributed by atoms with Gasteiger partial charge in [0.1, 0.15) is 0 Å². The van der Waals surface area contributed by atoms with Gasteiger partial charge in [0.2, 0.25) is 15.9 Å². The van der Waals surface area contributed by atoms with Crippen LogP contribution in [0.5, 0.6) is 0 Å². The van der Waals surface area contributed by atoms with Gasteiger partial charge in [0, 0.05) is 23.8 Å². The van der Waals surface area contributed by atoms with Crippen LogP contribution in [0.25, 0.3) is 0 Å². The van der Waals surface area contributed by atoms with Crippen LogP contribution in [0.2, 0.25) is 5.02 Å². The summed E-state index contributed by atoms with van der Waals surface area (Å²) < 4.78 is 27.4. The van der Waals surface area contributed by atoms with E-state index in [0.717, 1.165) is 22.4 Å². The van der Waals surface area contributed by atoms with Crippen LogP contribution in [-0.2, 0) is 14.8 Å². The molecular weight excluding hydrogens is 396 g/mol. The maximum absolute atomic E-state index is 13.0. The molecule has 0 unspecified atom stereocenters. The van der Waals surface area contributed by atoms with Crippen LogP contribution in [0.15, 0.2) is 41.3 Å². The summed E-state index contributed by atoms with van der Waals surface area (Å²) in [5.74, 6) is -0.529. The second-order valence-corrected chi connectivity index (χ2v) is 9.77. The molecule has 0 aliphatic carbocycles. The highest BCUT2D eigenvalue weighted by molar-refractivity contribution is 7.89. The number of aryl methyl sites for hydroxylation is 3. The molecule has 1 atom stereocenters. The molecule has 1 aliphatic heterocycles. The zero-order valence-electron chi connectivity index (χ0n) is 16.3. The smallest absolute Gasteiger partial charge is 0.243 e. The first-order valence-electron chi connectivity index (χ1n) is 9.33. The Hall–Kier alpha value is -1.89. The highest BCUT2D eigenvalue weighted by Crippen LogP contribution is 2.27. The Balaban J connectivity index is 1.75. The van der Waals surface area contributed by atoms with Crippen molar-refractivity contribution in [1.29, 1.82) is 0 Å². The van der Waals surface area contributed by atoms with E-state index in [1.54, 1.807) is 12.1 Å². The molecule has 0 aromatic heterocycles. The molecule has 28 heavy (non-hydrogen) atoms. The summed E-state index contributed by atoms with van der Waals surface area (Å²) in [6, 6.07) is 10.6. The van der Waals surface area contributed by atoms with E-state index < -0.39 is 10.0 Å². The summed E-state index contributed by atoms with van der Waals surface area (Å²) in [4.78, 5) is 12.9. The fourth-order valence-corrected chi connectivity index (χ4v) is 5.24. The van der Waals surface area contributed by atoms with Crippen LogP contribution < -0.4 is 5.32 Å². The Morgan fingerprint density at radius 1 is 1.11 bits per heavy atom. The van der Waals surface area contributed by atoms with Gasteiger partial charge in [-0.2, -0.15) is 4.31 Å². The number of piperidine rings is 1. The number of amides is 1. The molecule has 1 saturated heterocycles. The number of halogens is 1. The first-order valence-corrected chi connectivity index (χ1v) is 11.1. The average Bonchev–Trinajstić information content (AvgIpc) is 2.66. The van der Waals surface area contributed by atoms with Crippen LogP contribution >= 0.6 is 11.6 Å². The molecule has 1 heterocycles. The number of hydrogen-bond donors (Lipinski definition) is 1. The van der Waals surface area contributed by atoms with Gasteiger partial charge in [-0.05, 0) is 62.9 Å².